The minimum absolute atomic E-state index is 0.0114. The van der Waals surface area contributed by atoms with Gasteiger partial charge in [0.05, 0.1) is 10.5 Å². The van der Waals surface area contributed by atoms with Gasteiger partial charge in [-0.1, -0.05) is 23.7 Å². The van der Waals surface area contributed by atoms with Gasteiger partial charge in [0.1, 0.15) is 10.7 Å². The standard InChI is InChI=1S/C18H16ClF3N4O4/c19-13-9-12(10-23-16(13)30-11-18(20,21)22)17(27)25-7-5-24(6-8-25)14-3-1-2-4-15(14)26(28)29/h1-4,9-10H,5-8,11H2. The molecule has 2 heterocycles. The highest BCUT2D eigenvalue weighted by Crippen LogP contribution is 2.29. The molecule has 0 unspecified atom stereocenters. The number of nitro benzene ring substituents is 1. The predicted molar refractivity (Wildman–Crippen MR) is 102 cm³/mol. The van der Waals surface area contributed by atoms with E-state index in [0.29, 0.717) is 31.9 Å². The van der Waals surface area contributed by atoms with Crippen molar-refractivity contribution in [2.75, 3.05) is 37.7 Å². The molecule has 1 aromatic heterocycles. The number of halogens is 4. The number of carbonyl (C=O) groups is 1. The van der Waals surface area contributed by atoms with Gasteiger partial charge in [-0.2, -0.15) is 13.2 Å². The Morgan fingerprint density at radius 3 is 2.50 bits per heavy atom. The predicted octanol–water partition coefficient (Wildman–Crippen LogP) is 3.55. The average Bonchev–Trinajstić information content (AvgIpc) is 2.71. The van der Waals surface area contributed by atoms with Crippen LogP contribution in [0.5, 0.6) is 5.88 Å². The molecule has 160 valence electrons. The van der Waals surface area contributed by atoms with E-state index in [4.69, 9.17) is 11.6 Å². The van der Waals surface area contributed by atoms with Crippen molar-refractivity contribution in [2.24, 2.45) is 0 Å². The molecule has 0 atom stereocenters. The lowest BCUT2D eigenvalue weighted by Gasteiger charge is -2.35. The molecule has 0 radical (unpaired) electrons. The molecule has 12 heteroatoms. The summed E-state index contributed by atoms with van der Waals surface area (Å²) in [5.74, 6) is -0.805. The smallest absolute Gasteiger partial charge is 0.422 e. The lowest BCUT2D eigenvalue weighted by molar-refractivity contribution is -0.384. The maximum absolute atomic E-state index is 12.7. The van der Waals surface area contributed by atoms with Crippen molar-refractivity contribution >= 4 is 28.9 Å². The third kappa shape index (κ3) is 5.09. The first-order chi connectivity index (χ1) is 14.2. The lowest BCUT2D eigenvalue weighted by atomic mass is 10.2. The summed E-state index contributed by atoms with van der Waals surface area (Å²) in [6.45, 7) is -0.181. The highest BCUT2D eigenvalue weighted by Gasteiger charge is 2.30. The first-order valence-electron chi connectivity index (χ1n) is 8.78. The number of carbonyl (C=O) groups excluding carboxylic acids is 1. The summed E-state index contributed by atoms with van der Waals surface area (Å²) >= 11 is 5.89. The molecule has 3 rings (SSSR count). The maximum atomic E-state index is 12.7. The van der Waals surface area contributed by atoms with Crippen LogP contribution < -0.4 is 9.64 Å². The number of benzene rings is 1. The molecular formula is C18H16ClF3N4O4. The summed E-state index contributed by atoms with van der Waals surface area (Å²) in [6.07, 6.45) is -3.43. The molecule has 0 aliphatic carbocycles. The molecule has 0 saturated carbocycles. The Balaban J connectivity index is 1.64. The van der Waals surface area contributed by atoms with Crippen molar-refractivity contribution in [2.45, 2.75) is 6.18 Å². The fraction of sp³-hybridized carbons (Fsp3) is 0.333. The van der Waals surface area contributed by atoms with E-state index in [1.165, 1.54) is 17.0 Å². The minimum Gasteiger partial charge on any atom is -0.467 e. The van der Waals surface area contributed by atoms with Crippen LogP contribution in [0.2, 0.25) is 5.02 Å². The molecule has 1 amide bonds. The number of nitrogens with zero attached hydrogens (tertiary/aromatic N) is 4. The Morgan fingerprint density at radius 2 is 1.90 bits per heavy atom. The minimum atomic E-state index is -4.53. The van der Waals surface area contributed by atoms with Crippen LogP contribution in [0.4, 0.5) is 24.5 Å². The largest absolute Gasteiger partial charge is 0.467 e. The zero-order chi connectivity index (χ0) is 21.9. The molecule has 0 bridgehead atoms. The third-order valence-corrected chi connectivity index (χ3v) is 4.68. The molecule has 1 saturated heterocycles. The van der Waals surface area contributed by atoms with E-state index >= 15 is 0 Å². The van der Waals surface area contributed by atoms with Gasteiger partial charge in [0.25, 0.3) is 11.6 Å². The number of nitro groups is 1. The van der Waals surface area contributed by atoms with Gasteiger partial charge in [0.15, 0.2) is 6.61 Å². The first kappa shape index (κ1) is 21.6. The van der Waals surface area contributed by atoms with Crippen LogP contribution in [0, 0.1) is 10.1 Å². The van der Waals surface area contributed by atoms with Crippen LogP contribution >= 0.6 is 11.6 Å². The molecular weight excluding hydrogens is 429 g/mol. The zero-order valence-corrected chi connectivity index (χ0v) is 16.2. The molecule has 1 fully saturated rings. The van der Waals surface area contributed by atoms with E-state index in [9.17, 15) is 28.1 Å². The summed E-state index contributed by atoms with van der Waals surface area (Å²) in [5, 5.41) is 11.0. The van der Waals surface area contributed by atoms with Crippen molar-refractivity contribution in [1.29, 1.82) is 0 Å². The number of anilines is 1. The van der Waals surface area contributed by atoms with Crippen molar-refractivity contribution in [3.05, 3.63) is 57.2 Å². The number of hydrogen-bond acceptors (Lipinski definition) is 6. The van der Waals surface area contributed by atoms with Gasteiger partial charge in [-0.3, -0.25) is 14.9 Å². The average molecular weight is 445 g/mol. The van der Waals surface area contributed by atoms with Crippen molar-refractivity contribution in [1.82, 2.24) is 9.88 Å². The Hall–Kier alpha value is -3.08. The number of pyridine rings is 1. The van der Waals surface area contributed by atoms with Crippen LogP contribution in [0.3, 0.4) is 0 Å². The molecule has 1 aliphatic rings. The van der Waals surface area contributed by atoms with Crippen LogP contribution in [0.25, 0.3) is 0 Å². The highest BCUT2D eigenvalue weighted by atomic mass is 35.5. The number of aromatic nitrogens is 1. The van der Waals surface area contributed by atoms with E-state index in [1.54, 1.807) is 18.2 Å². The molecule has 30 heavy (non-hydrogen) atoms. The summed E-state index contributed by atoms with van der Waals surface area (Å²) in [6, 6.07) is 7.56. The third-order valence-electron chi connectivity index (χ3n) is 4.41. The Labute approximate surface area is 174 Å². The van der Waals surface area contributed by atoms with Crippen LogP contribution in [0.1, 0.15) is 10.4 Å². The number of piperazine rings is 1. The van der Waals surface area contributed by atoms with Crippen molar-refractivity contribution in [3.63, 3.8) is 0 Å². The Kier molecular flexibility index (Phi) is 6.30. The first-order valence-corrected chi connectivity index (χ1v) is 9.16. The Morgan fingerprint density at radius 1 is 1.23 bits per heavy atom. The normalized spacial score (nSPS) is 14.5. The monoisotopic (exact) mass is 444 g/mol. The van der Waals surface area contributed by atoms with Crippen molar-refractivity contribution < 1.29 is 27.6 Å². The zero-order valence-electron chi connectivity index (χ0n) is 15.4. The molecule has 8 nitrogen and oxygen atoms in total. The van der Waals surface area contributed by atoms with Gasteiger partial charge in [0.2, 0.25) is 5.88 Å². The fourth-order valence-electron chi connectivity index (χ4n) is 3.02. The Bertz CT molecular complexity index is 949. The second kappa shape index (κ2) is 8.74. The number of para-hydroxylation sites is 2. The fourth-order valence-corrected chi connectivity index (χ4v) is 3.24. The van der Waals surface area contributed by atoms with E-state index in [2.05, 4.69) is 9.72 Å². The number of amides is 1. The summed E-state index contributed by atoms with van der Waals surface area (Å²) in [5.41, 5.74) is 0.576. The molecule has 1 aliphatic heterocycles. The quantitative estimate of drug-likeness (QED) is 0.517. The van der Waals surface area contributed by atoms with Crippen LogP contribution in [0.15, 0.2) is 36.5 Å². The number of rotatable bonds is 5. The summed E-state index contributed by atoms with van der Waals surface area (Å²) in [4.78, 5) is 30.5. The summed E-state index contributed by atoms with van der Waals surface area (Å²) < 4.78 is 41.3. The van der Waals surface area contributed by atoms with Gasteiger partial charge in [-0.05, 0) is 12.1 Å². The van der Waals surface area contributed by atoms with Gasteiger partial charge >= 0.3 is 6.18 Å². The second-order valence-electron chi connectivity index (χ2n) is 6.44. The topological polar surface area (TPSA) is 88.8 Å². The van der Waals surface area contributed by atoms with Gasteiger partial charge < -0.3 is 14.5 Å². The van der Waals surface area contributed by atoms with E-state index in [0.717, 1.165) is 6.20 Å². The molecule has 0 spiro atoms. The molecule has 1 aromatic carbocycles. The second-order valence-corrected chi connectivity index (χ2v) is 6.85. The highest BCUT2D eigenvalue weighted by molar-refractivity contribution is 6.32. The van der Waals surface area contributed by atoms with E-state index < -0.39 is 29.5 Å². The van der Waals surface area contributed by atoms with E-state index in [-0.39, 0.29) is 16.3 Å². The lowest BCUT2D eigenvalue weighted by Crippen LogP contribution is -2.49. The van der Waals surface area contributed by atoms with Crippen LogP contribution in [-0.2, 0) is 0 Å². The number of hydrogen-bond donors (Lipinski definition) is 0. The van der Waals surface area contributed by atoms with Gasteiger partial charge in [0, 0.05) is 38.4 Å². The molecule has 2 aromatic rings. The molecule has 0 N–H and O–H groups in total. The number of alkyl halides is 3. The van der Waals surface area contributed by atoms with Crippen molar-refractivity contribution in [3.8, 4) is 5.88 Å². The van der Waals surface area contributed by atoms with Crippen LogP contribution in [-0.4, -0.2) is 59.7 Å². The number of ether oxygens (including phenoxy) is 1. The summed E-state index contributed by atoms with van der Waals surface area (Å²) in [7, 11) is 0. The van der Waals surface area contributed by atoms with Gasteiger partial charge in [-0.25, -0.2) is 4.98 Å². The van der Waals surface area contributed by atoms with E-state index in [1.807, 2.05) is 4.90 Å². The maximum Gasteiger partial charge on any atom is 0.422 e. The van der Waals surface area contributed by atoms with Gasteiger partial charge in [-0.15, -0.1) is 0 Å². The SMILES string of the molecule is O=C(c1cnc(OCC(F)(F)F)c(Cl)c1)N1CCN(c2ccccc2[N+](=O)[O-])CC1.